The fourth-order valence-corrected chi connectivity index (χ4v) is 3.29. The molecular formula is C21H38IN5O. The molecule has 1 fully saturated rings. The lowest BCUT2D eigenvalue weighted by Crippen LogP contribution is -2.51. The van der Waals surface area contributed by atoms with Crippen LogP contribution in [0.2, 0.25) is 0 Å². The van der Waals surface area contributed by atoms with Crippen LogP contribution in [0.5, 0.6) is 5.75 Å². The summed E-state index contributed by atoms with van der Waals surface area (Å²) in [4.78, 5) is 9.62. The van der Waals surface area contributed by atoms with Gasteiger partial charge in [-0.05, 0) is 58.0 Å². The quantitative estimate of drug-likeness (QED) is 0.235. The van der Waals surface area contributed by atoms with Crippen molar-refractivity contribution in [1.29, 1.82) is 0 Å². The van der Waals surface area contributed by atoms with E-state index in [1.54, 1.807) is 7.11 Å². The number of halogens is 1. The minimum atomic E-state index is 0. The Labute approximate surface area is 188 Å². The van der Waals surface area contributed by atoms with Crippen LogP contribution in [-0.2, 0) is 6.42 Å². The molecule has 28 heavy (non-hydrogen) atoms. The van der Waals surface area contributed by atoms with Crippen LogP contribution >= 0.6 is 24.0 Å². The molecule has 0 aromatic heterocycles. The second-order valence-electron chi connectivity index (χ2n) is 7.35. The smallest absolute Gasteiger partial charge is 0.191 e. The lowest BCUT2D eigenvalue weighted by atomic mass is 10.1. The number of likely N-dealkylation sites (N-methyl/N-ethyl adjacent to an activating group) is 2. The number of hydrogen-bond acceptors (Lipinski definition) is 4. The van der Waals surface area contributed by atoms with Crippen molar-refractivity contribution >= 4 is 29.9 Å². The van der Waals surface area contributed by atoms with E-state index in [4.69, 9.17) is 9.73 Å². The first-order valence-corrected chi connectivity index (χ1v) is 10.2. The second-order valence-corrected chi connectivity index (χ2v) is 7.35. The van der Waals surface area contributed by atoms with Crippen molar-refractivity contribution in [3.8, 4) is 5.75 Å². The van der Waals surface area contributed by atoms with Gasteiger partial charge >= 0.3 is 0 Å². The van der Waals surface area contributed by atoms with E-state index in [-0.39, 0.29) is 24.0 Å². The third-order valence-electron chi connectivity index (χ3n) is 5.13. The maximum Gasteiger partial charge on any atom is 0.191 e. The monoisotopic (exact) mass is 503 g/mol. The van der Waals surface area contributed by atoms with Gasteiger partial charge in [-0.25, -0.2) is 0 Å². The largest absolute Gasteiger partial charge is 0.497 e. The number of nitrogens with zero attached hydrogens (tertiary/aromatic N) is 3. The van der Waals surface area contributed by atoms with Gasteiger partial charge in [0.05, 0.1) is 13.7 Å². The zero-order valence-corrected chi connectivity index (χ0v) is 20.2. The predicted molar refractivity (Wildman–Crippen MR) is 129 cm³/mol. The van der Waals surface area contributed by atoms with Gasteiger partial charge in [0.15, 0.2) is 5.96 Å². The highest BCUT2D eigenvalue weighted by Crippen LogP contribution is 2.13. The summed E-state index contributed by atoms with van der Waals surface area (Å²) in [6.45, 7) is 8.13. The second kappa shape index (κ2) is 14.0. The number of unbranched alkanes of at least 4 members (excludes halogenated alkanes) is 1. The molecule has 2 N–H and O–H groups in total. The number of methoxy groups -OCH3 is 1. The van der Waals surface area contributed by atoms with E-state index < -0.39 is 0 Å². The molecule has 1 unspecified atom stereocenters. The molecule has 160 valence electrons. The maximum absolute atomic E-state index is 5.20. The van der Waals surface area contributed by atoms with Crippen LogP contribution in [0, 0.1) is 0 Å². The molecule has 1 atom stereocenters. The number of rotatable bonds is 9. The average molecular weight is 503 g/mol. The molecule has 1 aliphatic rings. The number of aryl methyl sites for hydroxylation is 1. The van der Waals surface area contributed by atoms with Crippen molar-refractivity contribution in [3.05, 3.63) is 29.8 Å². The summed E-state index contributed by atoms with van der Waals surface area (Å²) >= 11 is 0. The zero-order chi connectivity index (χ0) is 19.5. The molecule has 7 heteroatoms. The topological polar surface area (TPSA) is 52.1 Å². The van der Waals surface area contributed by atoms with E-state index in [0.717, 1.165) is 70.2 Å². The van der Waals surface area contributed by atoms with Crippen molar-refractivity contribution in [2.45, 2.75) is 32.2 Å². The molecule has 2 rings (SSSR count). The minimum Gasteiger partial charge on any atom is -0.497 e. The van der Waals surface area contributed by atoms with Crippen molar-refractivity contribution in [1.82, 2.24) is 20.4 Å². The Morgan fingerprint density at radius 1 is 1.14 bits per heavy atom. The number of guanidine groups is 1. The van der Waals surface area contributed by atoms with Gasteiger partial charge in [-0.15, -0.1) is 24.0 Å². The molecule has 0 spiro atoms. The van der Waals surface area contributed by atoms with Gasteiger partial charge in [-0.1, -0.05) is 12.1 Å². The van der Waals surface area contributed by atoms with Crippen molar-refractivity contribution in [2.24, 2.45) is 4.99 Å². The van der Waals surface area contributed by atoms with E-state index in [0.29, 0.717) is 6.04 Å². The van der Waals surface area contributed by atoms with E-state index in [1.165, 1.54) is 5.56 Å². The number of nitrogens with one attached hydrogen (secondary N) is 2. The molecule has 0 bridgehead atoms. The fraction of sp³-hybridized carbons (Fsp3) is 0.667. The van der Waals surface area contributed by atoms with Crippen LogP contribution in [0.15, 0.2) is 29.3 Å². The Kier molecular flexibility index (Phi) is 12.5. The molecule has 0 amide bonds. The molecule has 0 saturated carbocycles. The fourth-order valence-electron chi connectivity index (χ4n) is 3.29. The molecule has 1 aromatic carbocycles. The van der Waals surface area contributed by atoms with Gasteiger partial charge in [0.1, 0.15) is 5.75 Å². The molecule has 0 aliphatic carbocycles. The molecule has 0 radical (unpaired) electrons. The first-order valence-electron chi connectivity index (χ1n) is 10.2. The summed E-state index contributed by atoms with van der Waals surface area (Å²) in [5.74, 6) is 1.85. The highest BCUT2D eigenvalue weighted by Gasteiger charge is 2.21. The number of aliphatic imine (C=N–C) groups is 1. The highest BCUT2D eigenvalue weighted by atomic mass is 127. The van der Waals surface area contributed by atoms with E-state index in [1.807, 2.05) is 12.1 Å². The summed E-state index contributed by atoms with van der Waals surface area (Å²) in [7, 11) is 6.09. The van der Waals surface area contributed by atoms with Crippen LogP contribution in [-0.4, -0.2) is 82.3 Å². The van der Waals surface area contributed by atoms with E-state index in [2.05, 4.69) is 53.6 Å². The van der Waals surface area contributed by atoms with Crippen molar-refractivity contribution in [2.75, 3.05) is 60.5 Å². The van der Waals surface area contributed by atoms with Crippen molar-refractivity contribution < 1.29 is 4.74 Å². The summed E-state index contributed by atoms with van der Waals surface area (Å²) in [5, 5.41) is 6.84. The van der Waals surface area contributed by atoms with E-state index >= 15 is 0 Å². The predicted octanol–water partition coefficient (Wildman–Crippen LogP) is 2.44. The molecular weight excluding hydrogens is 465 g/mol. The Hall–Kier alpha value is -1.06. The number of benzene rings is 1. The minimum absolute atomic E-state index is 0. The Balaban J connectivity index is 0.00000392. The van der Waals surface area contributed by atoms with Crippen LogP contribution in [0.4, 0.5) is 0 Å². The van der Waals surface area contributed by atoms with Gasteiger partial charge in [-0.2, -0.15) is 0 Å². The van der Waals surface area contributed by atoms with Gasteiger partial charge in [0.2, 0.25) is 0 Å². The Morgan fingerprint density at radius 3 is 2.57 bits per heavy atom. The summed E-state index contributed by atoms with van der Waals surface area (Å²) < 4.78 is 5.20. The van der Waals surface area contributed by atoms with Crippen LogP contribution in [0.1, 0.15) is 25.3 Å². The van der Waals surface area contributed by atoms with Crippen LogP contribution < -0.4 is 15.4 Å². The summed E-state index contributed by atoms with van der Waals surface area (Å²) in [6.07, 6.45) is 3.38. The average Bonchev–Trinajstić information content (AvgIpc) is 2.68. The third kappa shape index (κ3) is 8.96. The zero-order valence-electron chi connectivity index (χ0n) is 17.9. The highest BCUT2D eigenvalue weighted by molar-refractivity contribution is 14.0. The molecule has 1 heterocycles. The number of piperazine rings is 1. The van der Waals surface area contributed by atoms with E-state index in [9.17, 15) is 0 Å². The third-order valence-corrected chi connectivity index (χ3v) is 5.13. The Morgan fingerprint density at radius 2 is 1.89 bits per heavy atom. The van der Waals surface area contributed by atoms with Gasteiger partial charge in [0, 0.05) is 38.8 Å². The normalized spacial score (nSPS) is 18.4. The first kappa shape index (κ1) is 25.0. The van der Waals surface area contributed by atoms with Gasteiger partial charge in [-0.3, -0.25) is 9.89 Å². The summed E-state index contributed by atoms with van der Waals surface area (Å²) in [6, 6.07) is 8.85. The Bertz CT molecular complexity index is 566. The standard InChI is InChI=1S/C21H37N5O.HI/c1-5-22-21(24-16-19-17-25(2)14-15-26(19)3)23-13-7-6-8-18-9-11-20(27-4)12-10-18;/h9-12,19H,5-8,13-17H2,1-4H3,(H2,22,23,24);1H. The lowest BCUT2D eigenvalue weighted by molar-refractivity contribution is 0.119. The summed E-state index contributed by atoms with van der Waals surface area (Å²) in [5.41, 5.74) is 1.36. The first-order chi connectivity index (χ1) is 13.1. The SMILES string of the molecule is CCNC(=NCC1CN(C)CCN1C)NCCCCc1ccc(OC)cc1.I. The lowest BCUT2D eigenvalue weighted by Gasteiger charge is -2.36. The molecule has 1 saturated heterocycles. The van der Waals surface area contributed by atoms with Crippen molar-refractivity contribution in [3.63, 3.8) is 0 Å². The van der Waals surface area contributed by atoms with Crippen LogP contribution in [0.25, 0.3) is 0 Å². The molecule has 1 aromatic rings. The number of ether oxygens (including phenoxy) is 1. The van der Waals surface area contributed by atoms with Crippen LogP contribution in [0.3, 0.4) is 0 Å². The molecule has 1 aliphatic heterocycles. The molecule has 6 nitrogen and oxygen atoms in total. The number of hydrogen-bond donors (Lipinski definition) is 2. The van der Waals surface area contributed by atoms with Gasteiger partial charge in [0.25, 0.3) is 0 Å². The van der Waals surface area contributed by atoms with Gasteiger partial charge < -0.3 is 20.3 Å². The maximum atomic E-state index is 5.20.